The Morgan fingerprint density at radius 3 is 2.29 bits per heavy atom. The second-order valence-corrected chi connectivity index (χ2v) is 12.5. The highest BCUT2D eigenvalue weighted by atomic mass is 16.6. The zero-order chi connectivity index (χ0) is 30.3. The van der Waals surface area contributed by atoms with E-state index in [1.165, 1.54) is 11.0 Å². The quantitative estimate of drug-likeness (QED) is 0.226. The van der Waals surface area contributed by atoms with Crippen LogP contribution in [-0.4, -0.2) is 76.6 Å². The van der Waals surface area contributed by atoms with Gasteiger partial charge in [0.1, 0.15) is 17.7 Å². The summed E-state index contributed by atoms with van der Waals surface area (Å²) < 4.78 is 5.37. The second-order valence-electron chi connectivity index (χ2n) is 12.5. The number of rotatable bonds is 13. The van der Waals surface area contributed by atoms with E-state index < -0.39 is 53.3 Å². The molecule has 3 fully saturated rings. The molecule has 1 saturated heterocycles. The third kappa shape index (κ3) is 9.13. The van der Waals surface area contributed by atoms with E-state index in [2.05, 4.69) is 16.0 Å². The van der Waals surface area contributed by atoms with Gasteiger partial charge in [0.05, 0.1) is 6.04 Å². The molecule has 0 radical (unpaired) electrons. The van der Waals surface area contributed by atoms with Crippen LogP contribution >= 0.6 is 0 Å². The lowest BCUT2D eigenvalue weighted by atomic mass is 9.92. The molecular formula is C30H46N4O7. The van der Waals surface area contributed by atoms with Crippen molar-refractivity contribution in [3.8, 4) is 0 Å². The summed E-state index contributed by atoms with van der Waals surface area (Å²) in [5.74, 6) is -2.49. The minimum Gasteiger partial charge on any atom is -0.444 e. The van der Waals surface area contributed by atoms with Crippen LogP contribution < -0.4 is 16.0 Å². The summed E-state index contributed by atoms with van der Waals surface area (Å²) in [7, 11) is 0. The number of Topliss-reactive ketones (excluding diaryl/α,β-unsaturated/α-hetero) is 1. The lowest BCUT2D eigenvalue weighted by Crippen LogP contribution is -2.57. The molecule has 1 aliphatic heterocycles. The number of hydrogen-bond donors (Lipinski definition) is 3. The van der Waals surface area contributed by atoms with Gasteiger partial charge in [0.25, 0.3) is 5.91 Å². The molecule has 0 aromatic carbocycles. The van der Waals surface area contributed by atoms with Crippen molar-refractivity contribution in [1.29, 1.82) is 0 Å². The molecule has 3 aliphatic rings. The van der Waals surface area contributed by atoms with E-state index >= 15 is 0 Å². The summed E-state index contributed by atoms with van der Waals surface area (Å²) in [5, 5.41) is 8.11. The van der Waals surface area contributed by atoms with Crippen LogP contribution in [0.25, 0.3) is 0 Å². The highest BCUT2D eigenvalue weighted by molar-refractivity contribution is 6.38. The first kappa shape index (κ1) is 32.3. The van der Waals surface area contributed by atoms with Crippen LogP contribution in [-0.2, 0) is 28.7 Å². The van der Waals surface area contributed by atoms with E-state index in [0.717, 1.165) is 32.1 Å². The fourth-order valence-corrected chi connectivity index (χ4v) is 5.79. The van der Waals surface area contributed by atoms with Crippen molar-refractivity contribution in [2.75, 3.05) is 6.54 Å². The van der Waals surface area contributed by atoms with E-state index in [0.29, 0.717) is 19.4 Å². The highest BCUT2D eigenvalue weighted by Crippen LogP contribution is 2.42. The van der Waals surface area contributed by atoms with Gasteiger partial charge >= 0.3 is 6.09 Å². The van der Waals surface area contributed by atoms with Crippen LogP contribution in [0.3, 0.4) is 0 Å². The number of ether oxygens (including phenoxy) is 1. The Balaban J connectivity index is 1.80. The van der Waals surface area contributed by atoms with Crippen LogP contribution in [0, 0.1) is 11.8 Å². The van der Waals surface area contributed by atoms with Gasteiger partial charge in [-0.2, -0.15) is 0 Å². The average molecular weight is 575 g/mol. The van der Waals surface area contributed by atoms with Gasteiger partial charge in [0.15, 0.2) is 5.78 Å². The first-order valence-corrected chi connectivity index (χ1v) is 14.9. The molecule has 41 heavy (non-hydrogen) atoms. The molecule has 5 atom stereocenters. The van der Waals surface area contributed by atoms with Crippen molar-refractivity contribution >= 4 is 35.4 Å². The fraction of sp³-hybridized carbons (Fsp3) is 0.733. The smallest absolute Gasteiger partial charge is 0.408 e. The Labute approximate surface area is 242 Å². The average Bonchev–Trinajstić information content (AvgIpc) is 3.45. The maximum absolute atomic E-state index is 14.0. The molecule has 228 valence electrons. The number of allylic oxidation sites excluding steroid dienone is 2. The maximum Gasteiger partial charge on any atom is 0.408 e. The number of likely N-dealkylation sites (tertiary alicyclic amines) is 1. The second kappa shape index (κ2) is 14.1. The maximum atomic E-state index is 14.0. The van der Waals surface area contributed by atoms with Crippen LogP contribution in [0.1, 0.15) is 92.4 Å². The van der Waals surface area contributed by atoms with E-state index in [4.69, 9.17) is 4.74 Å². The molecular weight excluding hydrogens is 528 g/mol. The van der Waals surface area contributed by atoms with Gasteiger partial charge in [-0.3, -0.25) is 24.0 Å². The predicted molar refractivity (Wildman–Crippen MR) is 152 cm³/mol. The normalized spacial score (nSPS) is 23.4. The van der Waals surface area contributed by atoms with E-state index in [-0.39, 0.29) is 36.5 Å². The van der Waals surface area contributed by atoms with Gasteiger partial charge in [-0.25, -0.2) is 4.79 Å². The molecule has 0 spiro atoms. The molecule has 0 aromatic rings. The predicted octanol–water partition coefficient (Wildman–Crippen LogP) is 2.56. The number of fused-ring (bicyclic) bond motifs is 1. The monoisotopic (exact) mass is 574 g/mol. The Hall–Kier alpha value is -3.24. The van der Waals surface area contributed by atoms with Crippen LogP contribution in [0.5, 0.6) is 0 Å². The Bertz CT molecular complexity index is 1050. The number of alkyl carbamates (subject to hydrolysis) is 1. The molecule has 1 unspecified atom stereocenters. The van der Waals surface area contributed by atoms with Crippen LogP contribution in [0.15, 0.2) is 12.2 Å². The molecule has 0 bridgehead atoms. The molecule has 2 aliphatic carbocycles. The lowest BCUT2D eigenvalue weighted by Gasteiger charge is -2.32. The van der Waals surface area contributed by atoms with Gasteiger partial charge in [-0.15, -0.1) is 0 Å². The van der Waals surface area contributed by atoms with Crippen molar-refractivity contribution in [2.45, 2.75) is 122 Å². The molecule has 0 aromatic heterocycles. The first-order valence-electron chi connectivity index (χ1n) is 14.9. The molecule has 4 amide bonds. The minimum absolute atomic E-state index is 0.0146. The van der Waals surface area contributed by atoms with Gasteiger partial charge in [-0.1, -0.05) is 25.8 Å². The zero-order valence-corrected chi connectivity index (χ0v) is 25.0. The van der Waals surface area contributed by atoms with Gasteiger partial charge in [0.2, 0.25) is 17.6 Å². The van der Waals surface area contributed by atoms with E-state index in [1.807, 2.05) is 6.92 Å². The molecule has 2 saturated carbocycles. The van der Waals surface area contributed by atoms with Crippen LogP contribution in [0.2, 0.25) is 0 Å². The van der Waals surface area contributed by atoms with Gasteiger partial charge < -0.3 is 25.6 Å². The number of carbonyl (C=O) groups is 6. The number of ketones is 2. The summed E-state index contributed by atoms with van der Waals surface area (Å²) in [6.45, 7) is 9.05. The lowest BCUT2D eigenvalue weighted by molar-refractivity contribution is -0.143. The largest absolute Gasteiger partial charge is 0.444 e. The first-order chi connectivity index (χ1) is 19.3. The summed E-state index contributed by atoms with van der Waals surface area (Å²) >= 11 is 0. The fourth-order valence-electron chi connectivity index (χ4n) is 5.79. The third-order valence-electron chi connectivity index (χ3n) is 7.81. The highest BCUT2D eigenvalue weighted by Gasteiger charge is 2.51. The summed E-state index contributed by atoms with van der Waals surface area (Å²) in [5.41, 5.74) is -0.793. The molecule has 3 N–H and O–H groups in total. The number of nitrogens with zero attached hydrogens (tertiary/aromatic N) is 1. The van der Waals surface area contributed by atoms with Crippen molar-refractivity contribution in [3.05, 3.63) is 12.2 Å². The van der Waals surface area contributed by atoms with Gasteiger partial charge in [-0.05, 0) is 84.1 Å². The molecule has 11 heteroatoms. The van der Waals surface area contributed by atoms with Crippen molar-refractivity contribution in [2.24, 2.45) is 11.8 Å². The summed E-state index contributed by atoms with van der Waals surface area (Å²) in [4.78, 5) is 79.5. The molecule has 1 heterocycles. The van der Waals surface area contributed by atoms with E-state index in [9.17, 15) is 28.8 Å². The summed E-state index contributed by atoms with van der Waals surface area (Å²) in [6, 6.07) is -2.90. The SMILES string of the molecule is C/C=C/C(=O)CC[C@H](NC(=O)OC(C)(C)C)C(=O)N1C[C@@H]2CCC[C@@H]2C1C(=O)N[C@@H](CCC)C(=O)C(=O)NC1CC1. The minimum atomic E-state index is -1.08. The third-order valence-corrected chi connectivity index (χ3v) is 7.81. The number of amides is 4. The number of hydrogen-bond acceptors (Lipinski definition) is 7. The Morgan fingerprint density at radius 1 is 0.976 bits per heavy atom. The topological polar surface area (TPSA) is 151 Å². The number of nitrogens with one attached hydrogen (secondary N) is 3. The van der Waals surface area contributed by atoms with Gasteiger partial charge in [0, 0.05) is 19.0 Å². The summed E-state index contributed by atoms with van der Waals surface area (Å²) in [6.07, 6.45) is 7.41. The van der Waals surface area contributed by atoms with E-state index in [1.54, 1.807) is 33.8 Å². The van der Waals surface area contributed by atoms with Crippen molar-refractivity contribution in [1.82, 2.24) is 20.9 Å². The molecule has 11 nitrogen and oxygen atoms in total. The Kier molecular flexibility index (Phi) is 11.1. The number of carbonyl (C=O) groups excluding carboxylic acids is 6. The Morgan fingerprint density at radius 2 is 1.68 bits per heavy atom. The standard InChI is InChI=1S/C30H46N4O7/c1-6-9-20(35)15-16-23(33-29(40)41-30(3,4)5)28(39)34-17-18-11-8-12-21(18)24(34)26(37)32-22(10-7-2)25(36)27(38)31-19-13-14-19/h6,9,18-19,21-24H,7-8,10-17H2,1-5H3,(H,31,38)(H,32,37)(H,33,40)/b9-6+/t18-,21-,22-,23-,24?/m0/s1. The zero-order valence-electron chi connectivity index (χ0n) is 25.0. The van der Waals surface area contributed by atoms with Crippen LogP contribution in [0.4, 0.5) is 4.79 Å². The van der Waals surface area contributed by atoms with Crippen molar-refractivity contribution in [3.63, 3.8) is 0 Å². The van der Waals surface area contributed by atoms with Crippen molar-refractivity contribution < 1.29 is 33.5 Å². The molecule has 3 rings (SSSR count).